The standard InChI is InChI=1S/C25H30N4S/c1-6-14-28-24(23(27-25(28)30)21-11-7-8-13-26-21)20-15-17(3)29(19(20)5)22-12-9-10-16(2)18(22)4/h7-13,15,23-24H,6,14H2,1-5H3,(H,27,30)/t23-,24+/m0/s1. The highest BCUT2D eigenvalue weighted by Crippen LogP contribution is 2.41. The first kappa shape index (κ1) is 20.6. The number of aryl methyl sites for hydroxylation is 2. The maximum atomic E-state index is 5.75. The fourth-order valence-corrected chi connectivity index (χ4v) is 4.99. The summed E-state index contributed by atoms with van der Waals surface area (Å²) in [6.07, 6.45) is 2.90. The molecule has 3 heterocycles. The molecule has 5 heteroatoms. The van der Waals surface area contributed by atoms with Gasteiger partial charge in [-0.25, -0.2) is 0 Å². The van der Waals surface area contributed by atoms with Gasteiger partial charge in [-0.05, 0) is 87.3 Å². The third kappa shape index (κ3) is 3.41. The van der Waals surface area contributed by atoms with Gasteiger partial charge in [0.2, 0.25) is 0 Å². The van der Waals surface area contributed by atoms with Crippen LogP contribution in [0.1, 0.15) is 59.2 Å². The number of hydrogen-bond donors (Lipinski definition) is 1. The van der Waals surface area contributed by atoms with Gasteiger partial charge < -0.3 is 14.8 Å². The average Bonchev–Trinajstić information content (AvgIpc) is 3.21. The number of nitrogens with zero attached hydrogens (tertiary/aromatic N) is 3. The lowest BCUT2D eigenvalue weighted by atomic mass is 9.96. The molecule has 2 aromatic heterocycles. The van der Waals surface area contributed by atoms with Crippen LogP contribution in [0.3, 0.4) is 0 Å². The summed E-state index contributed by atoms with van der Waals surface area (Å²) in [6.45, 7) is 11.9. The van der Waals surface area contributed by atoms with E-state index in [9.17, 15) is 0 Å². The van der Waals surface area contributed by atoms with Gasteiger partial charge in [0.1, 0.15) is 0 Å². The zero-order valence-electron chi connectivity index (χ0n) is 18.4. The predicted molar refractivity (Wildman–Crippen MR) is 127 cm³/mol. The molecule has 0 unspecified atom stereocenters. The molecule has 2 atom stereocenters. The second-order valence-electron chi connectivity index (χ2n) is 8.20. The summed E-state index contributed by atoms with van der Waals surface area (Å²) in [6, 6.07) is 15.1. The fourth-order valence-electron chi connectivity index (χ4n) is 4.66. The van der Waals surface area contributed by atoms with E-state index in [-0.39, 0.29) is 12.1 Å². The van der Waals surface area contributed by atoms with Gasteiger partial charge in [-0.3, -0.25) is 4.98 Å². The van der Waals surface area contributed by atoms with Crippen molar-refractivity contribution in [2.75, 3.05) is 6.54 Å². The summed E-state index contributed by atoms with van der Waals surface area (Å²) in [5, 5.41) is 4.37. The molecule has 0 saturated carbocycles. The molecule has 0 bridgehead atoms. The smallest absolute Gasteiger partial charge is 0.170 e. The second kappa shape index (κ2) is 8.23. The van der Waals surface area contributed by atoms with Crippen molar-refractivity contribution in [2.45, 2.75) is 53.1 Å². The minimum atomic E-state index is 0.0396. The minimum Gasteiger partial charge on any atom is -0.352 e. The summed E-state index contributed by atoms with van der Waals surface area (Å²) in [5.74, 6) is 0. The van der Waals surface area contributed by atoms with E-state index < -0.39 is 0 Å². The molecule has 156 valence electrons. The Kier molecular flexibility index (Phi) is 5.65. The normalized spacial score (nSPS) is 18.7. The molecule has 3 aromatic rings. The summed E-state index contributed by atoms with van der Waals surface area (Å²) >= 11 is 5.75. The zero-order chi connectivity index (χ0) is 21.4. The van der Waals surface area contributed by atoms with Gasteiger partial charge in [0.25, 0.3) is 0 Å². The van der Waals surface area contributed by atoms with Crippen molar-refractivity contribution in [3.63, 3.8) is 0 Å². The number of rotatable bonds is 5. The van der Waals surface area contributed by atoms with E-state index in [0.29, 0.717) is 0 Å². The maximum absolute atomic E-state index is 5.75. The van der Waals surface area contributed by atoms with Gasteiger partial charge in [0.15, 0.2) is 5.11 Å². The Morgan fingerprint density at radius 2 is 1.87 bits per heavy atom. The van der Waals surface area contributed by atoms with Crippen LogP contribution in [0.15, 0.2) is 48.7 Å². The van der Waals surface area contributed by atoms with Gasteiger partial charge in [0.05, 0.1) is 17.8 Å². The Hall–Kier alpha value is -2.66. The molecule has 0 spiro atoms. The molecule has 1 aliphatic rings. The lowest BCUT2D eigenvalue weighted by molar-refractivity contribution is 0.316. The summed E-state index contributed by atoms with van der Waals surface area (Å²) < 4.78 is 2.39. The number of hydrogen-bond acceptors (Lipinski definition) is 2. The number of aromatic nitrogens is 2. The number of nitrogens with one attached hydrogen (secondary N) is 1. The predicted octanol–water partition coefficient (Wildman–Crippen LogP) is 5.49. The van der Waals surface area contributed by atoms with Gasteiger partial charge >= 0.3 is 0 Å². The lowest BCUT2D eigenvalue weighted by Gasteiger charge is -2.28. The third-order valence-corrected chi connectivity index (χ3v) is 6.62. The first-order chi connectivity index (χ1) is 14.4. The van der Waals surface area contributed by atoms with Gasteiger partial charge in [-0.1, -0.05) is 25.1 Å². The van der Waals surface area contributed by atoms with Crippen molar-refractivity contribution < 1.29 is 0 Å². The van der Waals surface area contributed by atoms with Crippen molar-refractivity contribution in [1.29, 1.82) is 0 Å². The van der Waals surface area contributed by atoms with Crippen molar-refractivity contribution in [3.05, 3.63) is 82.4 Å². The van der Waals surface area contributed by atoms with Crippen LogP contribution in [-0.2, 0) is 0 Å². The van der Waals surface area contributed by atoms with Crippen LogP contribution in [0.5, 0.6) is 0 Å². The molecule has 1 N–H and O–H groups in total. The molecule has 1 fully saturated rings. The quantitative estimate of drug-likeness (QED) is 0.556. The van der Waals surface area contributed by atoms with Crippen molar-refractivity contribution in [1.82, 2.24) is 19.8 Å². The Labute approximate surface area is 184 Å². The van der Waals surface area contributed by atoms with E-state index in [2.05, 4.69) is 84.7 Å². The third-order valence-electron chi connectivity index (χ3n) is 6.27. The monoisotopic (exact) mass is 418 g/mol. The molecular weight excluding hydrogens is 388 g/mol. The van der Waals surface area contributed by atoms with E-state index in [1.807, 2.05) is 18.3 Å². The molecular formula is C25H30N4S. The molecule has 0 amide bonds. The molecule has 4 rings (SSSR count). The van der Waals surface area contributed by atoms with Crippen molar-refractivity contribution in [2.24, 2.45) is 0 Å². The molecule has 0 aliphatic carbocycles. The fraction of sp³-hybridized carbons (Fsp3) is 0.360. The Balaban J connectivity index is 1.86. The topological polar surface area (TPSA) is 33.1 Å². The van der Waals surface area contributed by atoms with Crippen molar-refractivity contribution >= 4 is 17.3 Å². The summed E-state index contributed by atoms with van der Waals surface area (Å²) in [7, 11) is 0. The van der Waals surface area contributed by atoms with Crippen LogP contribution < -0.4 is 5.32 Å². The lowest BCUT2D eigenvalue weighted by Crippen LogP contribution is -2.30. The highest BCUT2D eigenvalue weighted by molar-refractivity contribution is 7.80. The van der Waals surface area contributed by atoms with Crippen LogP contribution in [-0.4, -0.2) is 26.1 Å². The Morgan fingerprint density at radius 3 is 2.57 bits per heavy atom. The van der Waals surface area contributed by atoms with E-state index in [0.717, 1.165) is 23.8 Å². The van der Waals surface area contributed by atoms with Crippen LogP contribution in [0, 0.1) is 27.7 Å². The number of thiocarbonyl (C=S) groups is 1. The van der Waals surface area contributed by atoms with E-state index in [4.69, 9.17) is 12.2 Å². The van der Waals surface area contributed by atoms with Crippen LogP contribution in [0.25, 0.3) is 5.69 Å². The van der Waals surface area contributed by atoms with Crippen LogP contribution in [0.2, 0.25) is 0 Å². The molecule has 0 radical (unpaired) electrons. The number of benzene rings is 1. The minimum absolute atomic E-state index is 0.0396. The number of pyridine rings is 1. The molecule has 30 heavy (non-hydrogen) atoms. The maximum Gasteiger partial charge on any atom is 0.170 e. The molecule has 1 aromatic carbocycles. The Bertz CT molecular complexity index is 1070. The largest absolute Gasteiger partial charge is 0.352 e. The molecule has 1 saturated heterocycles. The van der Waals surface area contributed by atoms with Gasteiger partial charge in [-0.15, -0.1) is 0 Å². The summed E-state index contributed by atoms with van der Waals surface area (Å²) in [5.41, 5.74) is 8.72. The average molecular weight is 419 g/mol. The molecule has 4 nitrogen and oxygen atoms in total. The van der Waals surface area contributed by atoms with E-state index in [1.165, 1.54) is 33.8 Å². The first-order valence-electron chi connectivity index (χ1n) is 10.7. The van der Waals surface area contributed by atoms with Gasteiger partial charge in [0, 0.05) is 29.8 Å². The highest BCUT2D eigenvalue weighted by atomic mass is 32.1. The summed E-state index contributed by atoms with van der Waals surface area (Å²) in [4.78, 5) is 6.99. The van der Waals surface area contributed by atoms with E-state index in [1.54, 1.807) is 0 Å². The molecule has 1 aliphatic heterocycles. The Morgan fingerprint density at radius 1 is 1.07 bits per heavy atom. The van der Waals surface area contributed by atoms with Gasteiger partial charge in [-0.2, -0.15) is 0 Å². The van der Waals surface area contributed by atoms with Crippen molar-refractivity contribution in [3.8, 4) is 5.69 Å². The van der Waals surface area contributed by atoms with Crippen LogP contribution in [0.4, 0.5) is 0 Å². The highest BCUT2D eigenvalue weighted by Gasteiger charge is 2.41. The first-order valence-corrected chi connectivity index (χ1v) is 11.1. The second-order valence-corrected chi connectivity index (χ2v) is 8.59. The zero-order valence-corrected chi connectivity index (χ0v) is 19.3. The SMILES string of the molecule is CCCN1C(=S)N[C@@H](c2ccccn2)[C@H]1c1cc(C)n(-c2cccc(C)c2C)c1C. The van der Waals surface area contributed by atoms with Crippen LogP contribution >= 0.6 is 12.2 Å². The van der Waals surface area contributed by atoms with E-state index >= 15 is 0 Å².